The van der Waals surface area contributed by atoms with E-state index in [2.05, 4.69) is 10.3 Å². The molecule has 6 heteroatoms. The van der Waals surface area contributed by atoms with Gasteiger partial charge in [-0.1, -0.05) is 12.1 Å². The Bertz CT molecular complexity index is 685. The van der Waals surface area contributed by atoms with Crippen molar-refractivity contribution in [2.45, 2.75) is 11.3 Å². The van der Waals surface area contributed by atoms with E-state index in [1.165, 1.54) is 12.3 Å². The van der Waals surface area contributed by atoms with Crippen LogP contribution in [0.4, 0.5) is 11.5 Å². The van der Waals surface area contributed by atoms with Gasteiger partial charge in [0, 0.05) is 24.0 Å². The predicted octanol–water partition coefficient (Wildman–Crippen LogP) is 3.01. The quantitative estimate of drug-likeness (QED) is 0.862. The van der Waals surface area contributed by atoms with E-state index in [1.807, 2.05) is 24.3 Å². The second-order valence-corrected chi connectivity index (χ2v) is 6.75. The minimum atomic E-state index is -3.31. The lowest BCUT2D eigenvalue weighted by Gasteiger charge is -2.10. The number of aromatic nitrogens is 1. The van der Waals surface area contributed by atoms with Crippen molar-refractivity contribution in [3.8, 4) is 0 Å². The number of anilines is 2. The first-order valence-electron chi connectivity index (χ1n) is 6.08. The van der Waals surface area contributed by atoms with Crippen molar-refractivity contribution in [3.63, 3.8) is 0 Å². The lowest BCUT2D eigenvalue weighted by molar-refractivity contribution is 0.602. The minimum Gasteiger partial charge on any atom is -0.339 e. The summed E-state index contributed by atoms with van der Waals surface area (Å²) in [6, 6.07) is 10.8. The molecule has 0 bridgehead atoms. The fourth-order valence-corrected chi connectivity index (χ4v) is 2.78. The molecule has 0 saturated carbocycles. The van der Waals surface area contributed by atoms with Crippen LogP contribution in [-0.2, 0) is 16.3 Å². The molecule has 2 rings (SSSR count). The molecule has 1 N–H and O–H groups in total. The van der Waals surface area contributed by atoms with Crippen LogP contribution in [0.15, 0.2) is 47.5 Å². The Balaban J connectivity index is 2.26. The van der Waals surface area contributed by atoms with Crippen molar-refractivity contribution in [1.82, 2.24) is 4.98 Å². The third-order valence-electron chi connectivity index (χ3n) is 2.77. The van der Waals surface area contributed by atoms with Crippen molar-refractivity contribution in [2.24, 2.45) is 0 Å². The number of benzene rings is 1. The molecule has 0 aliphatic rings. The number of halogens is 1. The van der Waals surface area contributed by atoms with Gasteiger partial charge in [0.1, 0.15) is 10.7 Å². The second-order valence-electron chi connectivity index (χ2n) is 4.38. The Kier molecular flexibility index (Phi) is 4.62. The summed E-state index contributed by atoms with van der Waals surface area (Å²) in [7, 11) is -3.31. The van der Waals surface area contributed by atoms with E-state index in [0.717, 1.165) is 17.7 Å². The van der Waals surface area contributed by atoms with E-state index in [-0.39, 0.29) is 4.90 Å². The SMILES string of the molecule is CS(=O)(=O)c1cccnc1Nc1ccc(CCCl)cc1. The zero-order valence-corrected chi connectivity index (χ0v) is 12.6. The van der Waals surface area contributed by atoms with E-state index in [4.69, 9.17) is 11.6 Å². The maximum Gasteiger partial charge on any atom is 0.179 e. The summed E-state index contributed by atoms with van der Waals surface area (Å²) in [5, 5.41) is 3.03. The zero-order chi connectivity index (χ0) is 14.6. The summed E-state index contributed by atoms with van der Waals surface area (Å²) in [6.45, 7) is 0. The molecule has 0 aliphatic carbocycles. The van der Waals surface area contributed by atoms with E-state index in [9.17, 15) is 8.42 Å². The van der Waals surface area contributed by atoms with Crippen LogP contribution >= 0.6 is 11.6 Å². The molecule has 20 heavy (non-hydrogen) atoms. The second kappa shape index (κ2) is 6.24. The van der Waals surface area contributed by atoms with E-state index in [1.54, 1.807) is 12.3 Å². The van der Waals surface area contributed by atoms with Crippen molar-refractivity contribution >= 4 is 32.9 Å². The highest BCUT2D eigenvalue weighted by Crippen LogP contribution is 2.22. The van der Waals surface area contributed by atoms with Gasteiger partial charge in [-0.25, -0.2) is 13.4 Å². The molecule has 1 heterocycles. The van der Waals surface area contributed by atoms with Gasteiger partial charge in [0.05, 0.1) is 0 Å². The first-order valence-corrected chi connectivity index (χ1v) is 8.50. The highest BCUT2D eigenvalue weighted by atomic mass is 35.5. The number of sulfone groups is 1. The van der Waals surface area contributed by atoms with Gasteiger partial charge in [-0.15, -0.1) is 11.6 Å². The number of alkyl halides is 1. The summed E-state index contributed by atoms with van der Waals surface area (Å²) in [5.74, 6) is 0.908. The molecular formula is C14H15ClN2O2S. The van der Waals surface area contributed by atoms with Crippen LogP contribution in [0.25, 0.3) is 0 Å². The van der Waals surface area contributed by atoms with E-state index in [0.29, 0.717) is 11.7 Å². The third-order valence-corrected chi connectivity index (χ3v) is 4.09. The number of rotatable bonds is 5. The van der Waals surface area contributed by atoms with Gasteiger partial charge in [-0.2, -0.15) is 0 Å². The molecule has 0 unspecified atom stereocenters. The van der Waals surface area contributed by atoms with Gasteiger partial charge in [0.25, 0.3) is 0 Å². The number of aryl methyl sites for hydroxylation is 1. The number of pyridine rings is 1. The third kappa shape index (κ3) is 3.71. The van der Waals surface area contributed by atoms with Crippen molar-refractivity contribution in [3.05, 3.63) is 48.2 Å². The molecule has 0 spiro atoms. The highest BCUT2D eigenvalue weighted by molar-refractivity contribution is 7.90. The summed E-state index contributed by atoms with van der Waals surface area (Å²) >= 11 is 5.68. The Morgan fingerprint density at radius 2 is 1.90 bits per heavy atom. The molecule has 0 radical (unpaired) electrons. The normalized spacial score (nSPS) is 11.3. The number of hydrogen-bond donors (Lipinski definition) is 1. The molecule has 1 aromatic carbocycles. The Labute approximate surface area is 123 Å². The largest absolute Gasteiger partial charge is 0.339 e. The van der Waals surface area contributed by atoms with Crippen molar-refractivity contribution in [1.29, 1.82) is 0 Å². The maximum atomic E-state index is 11.7. The summed E-state index contributed by atoms with van der Waals surface area (Å²) in [4.78, 5) is 4.27. The highest BCUT2D eigenvalue weighted by Gasteiger charge is 2.13. The maximum absolute atomic E-state index is 11.7. The number of hydrogen-bond acceptors (Lipinski definition) is 4. The summed E-state index contributed by atoms with van der Waals surface area (Å²) in [5.41, 5.74) is 1.92. The molecule has 0 atom stereocenters. The standard InChI is InChI=1S/C14H15ClN2O2S/c1-20(18,19)13-3-2-10-16-14(13)17-12-6-4-11(5-7-12)8-9-15/h2-7,10H,8-9H2,1H3,(H,16,17). The van der Waals surface area contributed by atoms with Gasteiger partial charge in [0.2, 0.25) is 0 Å². The Morgan fingerprint density at radius 3 is 2.50 bits per heavy atom. The smallest absolute Gasteiger partial charge is 0.179 e. The van der Waals surface area contributed by atoms with Gasteiger partial charge < -0.3 is 5.32 Å². The number of nitrogens with zero attached hydrogens (tertiary/aromatic N) is 1. The van der Waals surface area contributed by atoms with Crippen LogP contribution in [0, 0.1) is 0 Å². The van der Waals surface area contributed by atoms with Gasteiger partial charge in [0.15, 0.2) is 9.84 Å². The molecule has 1 aromatic heterocycles. The van der Waals surface area contributed by atoms with Crippen LogP contribution in [0.2, 0.25) is 0 Å². The lowest BCUT2D eigenvalue weighted by Crippen LogP contribution is -2.04. The fraction of sp³-hybridized carbons (Fsp3) is 0.214. The van der Waals surface area contributed by atoms with E-state index >= 15 is 0 Å². The van der Waals surface area contributed by atoms with Crippen LogP contribution in [0.3, 0.4) is 0 Å². The zero-order valence-electron chi connectivity index (χ0n) is 11.0. The minimum absolute atomic E-state index is 0.185. The molecule has 4 nitrogen and oxygen atoms in total. The van der Waals surface area contributed by atoms with Gasteiger partial charge in [-0.3, -0.25) is 0 Å². The molecule has 0 saturated heterocycles. The average Bonchev–Trinajstić information content (AvgIpc) is 2.41. The Morgan fingerprint density at radius 1 is 1.20 bits per heavy atom. The first-order chi connectivity index (χ1) is 9.50. The van der Waals surface area contributed by atoms with Crippen LogP contribution in [-0.4, -0.2) is 25.5 Å². The molecule has 0 aliphatic heterocycles. The van der Waals surface area contributed by atoms with Gasteiger partial charge >= 0.3 is 0 Å². The first kappa shape index (κ1) is 14.8. The monoisotopic (exact) mass is 310 g/mol. The average molecular weight is 311 g/mol. The van der Waals surface area contributed by atoms with Gasteiger partial charge in [-0.05, 0) is 36.2 Å². The topological polar surface area (TPSA) is 59.1 Å². The van der Waals surface area contributed by atoms with E-state index < -0.39 is 9.84 Å². The lowest BCUT2D eigenvalue weighted by atomic mass is 10.1. The number of nitrogens with one attached hydrogen (secondary N) is 1. The summed E-state index contributed by atoms with van der Waals surface area (Å²) < 4.78 is 23.4. The molecule has 2 aromatic rings. The molecule has 106 valence electrons. The molecule has 0 fully saturated rings. The van der Waals surface area contributed by atoms with Crippen LogP contribution in [0.1, 0.15) is 5.56 Å². The van der Waals surface area contributed by atoms with Crippen LogP contribution < -0.4 is 5.32 Å². The molecule has 0 amide bonds. The van der Waals surface area contributed by atoms with Crippen molar-refractivity contribution in [2.75, 3.05) is 17.5 Å². The Hall–Kier alpha value is -1.59. The van der Waals surface area contributed by atoms with Crippen molar-refractivity contribution < 1.29 is 8.42 Å². The fourth-order valence-electron chi connectivity index (χ4n) is 1.78. The molecular weight excluding hydrogens is 296 g/mol. The van der Waals surface area contributed by atoms with Crippen LogP contribution in [0.5, 0.6) is 0 Å². The summed E-state index contributed by atoms with van der Waals surface area (Å²) in [6.07, 6.45) is 3.53. The predicted molar refractivity (Wildman–Crippen MR) is 81.5 cm³/mol.